The van der Waals surface area contributed by atoms with E-state index in [-0.39, 0.29) is 64.8 Å². The van der Waals surface area contributed by atoms with Gasteiger partial charge in [0, 0.05) is 67.9 Å². The third kappa shape index (κ3) is 8.14. The largest absolute Gasteiger partial charge is 0.490 e. The summed E-state index contributed by atoms with van der Waals surface area (Å²) in [6.45, 7) is 19.4. The van der Waals surface area contributed by atoms with Crippen molar-refractivity contribution < 1.29 is 33.4 Å². The van der Waals surface area contributed by atoms with E-state index in [1.54, 1.807) is 30.6 Å². The first-order valence-corrected chi connectivity index (χ1v) is 22.2. The van der Waals surface area contributed by atoms with E-state index in [0.29, 0.717) is 29.3 Å². The molecule has 4 fully saturated rings. The Bertz CT molecular complexity index is 2340. The highest BCUT2D eigenvalue weighted by Crippen LogP contribution is 2.55. The first-order valence-electron chi connectivity index (χ1n) is 22.2. The summed E-state index contributed by atoms with van der Waals surface area (Å²) >= 11 is 0. The second-order valence-electron chi connectivity index (χ2n) is 19.6. The molecule has 332 valence electrons. The Morgan fingerprint density at radius 2 is 1.56 bits per heavy atom. The monoisotopic (exact) mass is 858 g/mol. The molecule has 2 aliphatic carbocycles. The van der Waals surface area contributed by atoms with Crippen LogP contribution in [0.2, 0.25) is 0 Å². The molecule has 63 heavy (non-hydrogen) atoms. The van der Waals surface area contributed by atoms with E-state index in [0.717, 1.165) is 72.8 Å². The van der Waals surface area contributed by atoms with Crippen LogP contribution in [-0.2, 0) is 9.59 Å². The molecular formula is C48H58N8O7. The Kier molecular flexibility index (Phi) is 11.6. The van der Waals surface area contributed by atoms with E-state index in [9.17, 15) is 29.2 Å². The lowest BCUT2D eigenvalue weighted by molar-refractivity contribution is -0.164. The molecular weight excluding hydrogens is 801 g/mol. The molecule has 5 amide bonds. The number of piperidine rings is 2. The van der Waals surface area contributed by atoms with Gasteiger partial charge in [-0.05, 0) is 94.3 Å². The highest BCUT2D eigenvalue weighted by atomic mass is 16.5. The number of rotatable bonds is 12. The average molecular weight is 859 g/mol. The first kappa shape index (κ1) is 43.8. The van der Waals surface area contributed by atoms with Crippen LogP contribution >= 0.6 is 0 Å². The second kappa shape index (κ2) is 16.7. The zero-order valence-electron chi connectivity index (χ0n) is 37.5. The van der Waals surface area contributed by atoms with Crippen molar-refractivity contribution in [3.05, 3.63) is 76.4 Å². The minimum absolute atomic E-state index is 0.0221. The van der Waals surface area contributed by atoms with Crippen molar-refractivity contribution in [2.24, 2.45) is 16.7 Å². The molecule has 5 aliphatic rings. The van der Waals surface area contributed by atoms with Crippen LogP contribution in [0, 0.1) is 41.9 Å². The summed E-state index contributed by atoms with van der Waals surface area (Å²) in [5.41, 5.74) is 3.02. The number of hydrogen-bond donors (Lipinski definition) is 2. The number of imide groups is 2. The lowest BCUT2D eigenvalue weighted by Crippen LogP contribution is -2.74. The van der Waals surface area contributed by atoms with Gasteiger partial charge in [-0.3, -0.25) is 39.1 Å². The van der Waals surface area contributed by atoms with Crippen LogP contribution in [0.15, 0.2) is 42.7 Å². The molecule has 0 radical (unpaired) electrons. The maximum atomic E-state index is 13.5. The highest BCUT2D eigenvalue weighted by molar-refractivity contribution is 6.23. The van der Waals surface area contributed by atoms with Crippen LogP contribution in [0.5, 0.6) is 11.5 Å². The Morgan fingerprint density at radius 3 is 2.16 bits per heavy atom. The molecule has 2 saturated heterocycles. The van der Waals surface area contributed by atoms with Crippen molar-refractivity contribution in [3.63, 3.8) is 0 Å². The number of benzene rings is 2. The van der Waals surface area contributed by atoms with Gasteiger partial charge in [-0.25, -0.2) is 9.97 Å². The van der Waals surface area contributed by atoms with Gasteiger partial charge < -0.3 is 19.7 Å². The fourth-order valence-corrected chi connectivity index (χ4v) is 11.0. The van der Waals surface area contributed by atoms with Crippen LogP contribution < -0.4 is 25.0 Å². The van der Waals surface area contributed by atoms with E-state index in [2.05, 4.69) is 78.0 Å². The number of aromatic nitrogens is 2. The number of ether oxygens (including phenoxy) is 2. The van der Waals surface area contributed by atoms with Gasteiger partial charge in [0.1, 0.15) is 29.7 Å². The number of carbonyl (C=O) groups excluding carboxylic acids is 5. The molecule has 15 heteroatoms. The summed E-state index contributed by atoms with van der Waals surface area (Å²) in [5.74, 6) is -0.540. The van der Waals surface area contributed by atoms with Crippen molar-refractivity contribution in [2.75, 3.05) is 24.5 Å². The van der Waals surface area contributed by atoms with Crippen LogP contribution in [0.1, 0.15) is 128 Å². The van der Waals surface area contributed by atoms with Crippen LogP contribution in [0.25, 0.3) is 0 Å². The topological polar surface area (TPSA) is 187 Å². The number of aryl methyl sites for hydroxylation is 2. The fourth-order valence-electron chi connectivity index (χ4n) is 11.0. The molecule has 2 N–H and O–H groups in total. The number of hydrogen-bond acceptors (Lipinski definition) is 12. The second-order valence-corrected chi connectivity index (χ2v) is 19.6. The number of nitriles is 1. The minimum atomic E-state index is -1.01. The summed E-state index contributed by atoms with van der Waals surface area (Å²) in [4.78, 5) is 78.8. The lowest BCUT2D eigenvalue weighted by Gasteiger charge is -2.63. The van der Waals surface area contributed by atoms with Crippen molar-refractivity contribution in [3.8, 4) is 17.6 Å². The molecule has 8 rings (SSSR count). The molecule has 15 nitrogen and oxygen atoms in total. The Balaban J connectivity index is 0.797. The quantitative estimate of drug-likeness (QED) is 0.218. The minimum Gasteiger partial charge on any atom is -0.490 e. The molecule has 0 spiro atoms. The lowest BCUT2D eigenvalue weighted by atomic mass is 9.49. The van der Waals surface area contributed by atoms with Gasteiger partial charge in [0.05, 0.1) is 40.8 Å². The molecule has 1 atom stereocenters. The van der Waals surface area contributed by atoms with E-state index in [1.165, 1.54) is 0 Å². The normalized spacial score (nSPS) is 25.3. The number of anilines is 1. The van der Waals surface area contributed by atoms with Crippen LogP contribution in [0.4, 0.5) is 5.69 Å². The van der Waals surface area contributed by atoms with Crippen molar-refractivity contribution >= 4 is 35.2 Å². The molecule has 0 bridgehead atoms. The summed E-state index contributed by atoms with van der Waals surface area (Å²) in [7, 11) is 0. The van der Waals surface area contributed by atoms with E-state index in [1.807, 2.05) is 26.0 Å². The van der Waals surface area contributed by atoms with Gasteiger partial charge in [-0.1, -0.05) is 27.7 Å². The number of amides is 5. The Hall–Kier alpha value is -5.88. The molecule has 3 aromatic rings. The molecule has 2 saturated carbocycles. The summed E-state index contributed by atoms with van der Waals surface area (Å²) in [6, 6.07) is 10.5. The van der Waals surface area contributed by atoms with Crippen molar-refractivity contribution in [1.29, 1.82) is 5.26 Å². The smallest absolute Gasteiger partial charge is 0.289 e. The fraction of sp³-hybridized carbons (Fsp3) is 0.542. The first-order chi connectivity index (χ1) is 29.9. The van der Waals surface area contributed by atoms with Gasteiger partial charge in [0.2, 0.25) is 17.6 Å². The number of carbonyl (C=O) groups is 5. The number of nitrogens with zero attached hydrogens (tertiary/aromatic N) is 6. The highest BCUT2D eigenvalue weighted by Gasteiger charge is 2.64. The van der Waals surface area contributed by atoms with E-state index < -0.39 is 29.7 Å². The third-order valence-corrected chi connectivity index (χ3v) is 14.2. The summed E-state index contributed by atoms with van der Waals surface area (Å²) < 4.78 is 12.8. The molecule has 3 aliphatic heterocycles. The molecule has 2 aromatic carbocycles. The van der Waals surface area contributed by atoms with Crippen molar-refractivity contribution in [2.45, 2.75) is 130 Å². The SMILES string of the molecule is Cc1cc(OC2C(C)(C)C(NC(=O)c3ncc(N4CCC(CN(C(C)C)C5CC(Oc6ccc7c(c6)C(=O)N(C6CCC(=O)NC6=O)C7=O)C5)CC4)cn3)C2(C)C)cc(C)c1C#N. The summed E-state index contributed by atoms with van der Waals surface area (Å²) in [6.07, 6.45) is 7.23. The van der Waals surface area contributed by atoms with Gasteiger partial charge >= 0.3 is 0 Å². The Morgan fingerprint density at radius 1 is 0.921 bits per heavy atom. The van der Waals surface area contributed by atoms with Crippen LogP contribution in [0.3, 0.4) is 0 Å². The van der Waals surface area contributed by atoms with Crippen LogP contribution in [-0.4, -0.2) is 105 Å². The standard InChI is InChI=1S/C48H58N8O7/c1-26(2)55(30-19-34(20-30)62-32-9-10-35-36(21-32)44(61)56(43(35)60)38-11-12-39(57)52-41(38)58)25-29-13-15-54(16-14-29)31-23-50-40(51-24-31)42(59)53-45-47(5,6)46(48(45,7)8)63-33-17-27(3)37(22-49)28(4)18-33/h9-10,17-18,21,23-24,26,29-30,34,38,45-46H,11-16,19-20,25H2,1-8H3,(H,53,59)(H,52,57,58). The third-order valence-electron chi connectivity index (χ3n) is 14.2. The molecule has 1 aromatic heterocycles. The molecule has 1 unspecified atom stereocenters. The average Bonchev–Trinajstić information content (AvgIpc) is 3.47. The van der Waals surface area contributed by atoms with Gasteiger partial charge in [-0.2, -0.15) is 5.26 Å². The van der Waals surface area contributed by atoms with E-state index >= 15 is 0 Å². The maximum absolute atomic E-state index is 13.5. The predicted molar refractivity (Wildman–Crippen MR) is 233 cm³/mol. The summed E-state index contributed by atoms with van der Waals surface area (Å²) in [5, 5.41) is 14.9. The zero-order valence-corrected chi connectivity index (χ0v) is 37.5. The zero-order chi connectivity index (χ0) is 45.1. The predicted octanol–water partition coefficient (Wildman–Crippen LogP) is 5.52. The Labute approximate surface area is 368 Å². The number of fused-ring (bicyclic) bond motifs is 1. The van der Waals surface area contributed by atoms with Gasteiger partial charge in [-0.15, -0.1) is 0 Å². The van der Waals surface area contributed by atoms with Gasteiger partial charge in [0.15, 0.2) is 0 Å². The maximum Gasteiger partial charge on any atom is 0.289 e. The van der Waals surface area contributed by atoms with Gasteiger partial charge in [0.25, 0.3) is 17.7 Å². The molecule has 4 heterocycles. The van der Waals surface area contributed by atoms with Crippen molar-refractivity contribution in [1.82, 2.24) is 30.4 Å². The van der Waals surface area contributed by atoms with E-state index in [4.69, 9.17) is 9.47 Å². The number of nitrogens with one attached hydrogen (secondary N) is 2.